The van der Waals surface area contributed by atoms with Crippen molar-refractivity contribution >= 4 is 44.9 Å². The summed E-state index contributed by atoms with van der Waals surface area (Å²) in [6.45, 7) is 4.27. The molecule has 0 bridgehead atoms. The van der Waals surface area contributed by atoms with E-state index in [0.717, 1.165) is 33.0 Å². The van der Waals surface area contributed by atoms with E-state index in [2.05, 4.69) is 26.0 Å². The number of para-hydroxylation sites is 4. The van der Waals surface area contributed by atoms with Gasteiger partial charge in [-0.15, -0.1) is 0 Å². The first-order chi connectivity index (χ1) is 26.2. The zero-order valence-corrected chi connectivity index (χ0v) is 24.8. The van der Waals surface area contributed by atoms with Gasteiger partial charge in [0.15, 0.2) is 0 Å². The van der Waals surface area contributed by atoms with Gasteiger partial charge in [0.2, 0.25) is 0 Å². The highest BCUT2D eigenvalue weighted by atomic mass is 15.1. The minimum atomic E-state index is -0.515. The van der Waals surface area contributed by atoms with Crippen LogP contribution in [0.5, 0.6) is 0 Å². The van der Waals surface area contributed by atoms with E-state index in [9.17, 15) is 0 Å². The number of anilines is 6. The zero-order chi connectivity index (χ0) is 39.1. The average molecular weight is 589 g/mol. The number of nitrogens with zero attached hydrogens (tertiary/aromatic N) is 2. The summed E-state index contributed by atoms with van der Waals surface area (Å²) in [5, 5.41) is 1.85. The van der Waals surface area contributed by atoms with Crippen LogP contribution in [0.2, 0.25) is 0 Å². The molecular weight excluding hydrogens is 544 g/mol. The molecule has 1 aliphatic carbocycles. The summed E-state index contributed by atoms with van der Waals surface area (Å²) in [6, 6.07) is 30.9. The Kier molecular flexibility index (Phi) is 4.40. The van der Waals surface area contributed by atoms with Gasteiger partial charge in [-0.05, 0) is 118 Å². The SMILES string of the molecule is [2H]c1c([2H])c([2H])c(N(c2ccccc2)c2ccc3c(c2)C(C)(C)c2cc4cc(N(c5ccccc5)c5c([2H])c([2H])c([2H])c([2H])c5[2H])ccc4cc2-3)c([2H])c1[2H]. The van der Waals surface area contributed by atoms with Gasteiger partial charge in [-0.3, -0.25) is 0 Å². The first-order valence-corrected chi connectivity index (χ1v) is 14.8. The van der Waals surface area contributed by atoms with Crippen LogP contribution in [0.4, 0.5) is 34.1 Å². The van der Waals surface area contributed by atoms with E-state index >= 15 is 0 Å². The smallest absolute Gasteiger partial charge is 0.0645 e. The lowest BCUT2D eigenvalue weighted by Gasteiger charge is -2.28. The fourth-order valence-corrected chi connectivity index (χ4v) is 6.41. The van der Waals surface area contributed by atoms with E-state index in [0.29, 0.717) is 22.7 Å². The molecular formula is C43H34N2. The van der Waals surface area contributed by atoms with Crippen molar-refractivity contribution in [3.63, 3.8) is 0 Å². The molecule has 0 spiro atoms. The van der Waals surface area contributed by atoms with E-state index in [-0.39, 0.29) is 35.5 Å². The summed E-state index contributed by atoms with van der Waals surface area (Å²) in [5.41, 5.74) is 6.31. The third kappa shape index (κ3) is 4.67. The first-order valence-electron chi connectivity index (χ1n) is 19.8. The maximum Gasteiger partial charge on any atom is 0.0645 e. The minimum absolute atomic E-state index is 0.0556. The van der Waals surface area contributed by atoms with Crippen LogP contribution in [0.1, 0.15) is 38.7 Å². The van der Waals surface area contributed by atoms with E-state index in [4.69, 9.17) is 13.7 Å². The summed E-state index contributed by atoms with van der Waals surface area (Å²) in [6.07, 6.45) is 0. The van der Waals surface area contributed by atoms with E-state index in [1.807, 2.05) is 97.1 Å². The molecule has 45 heavy (non-hydrogen) atoms. The number of hydrogen-bond donors (Lipinski definition) is 0. The highest BCUT2D eigenvalue weighted by Crippen LogP contribution is 2.52. The predicted octanol–water partition coefficient (Wildman–Crippen LogP) is 12.1. The third-order valence-corrected chi connectivity index (χ3v) is 8.57. The Hall–Kier alpha value is -5.60. The lowest BCUT2D eigenvalue weighted by molar-refractivity contribution is 0.661. The van der Waals surface area contributed by atoms with Crippen LogP contribution in [0, 0.1) is 0 Å². The van der Waals surface area contributed by atoms with Crippen molar-refractivity contribution in [2.45, 2.75) is 19.3 Å². The fourth-order valence-electron chi connectivity index (χ4n) is 6.41. The second-order valence-corrected chi connectivity index (χ2v) is 11.6. The maximum absolute atomic E-state index is 8.83. The molecule has 0 unspecified atom stereocenters. The molecule has 0 aliphatic heterocycles. The lowest BCUT2D eigenvalue weighted by Crippen LogP contribution is -2.16. The number of benzene rings is 7. The Bertz CT molecular complexity index is 2640. The van der Waals surface area contributed by atoms with Crippen LogP contribution in [0.3, 0.4) is 0 Å². The van der Waals surface area contributed by atoms with E-state index < -0.39 is 41.7 Å². The molecule has 7 aromatic carbocycles. The van der Waals surface area contributed by atoms with Crippen molar-refractivity contribution in [3.8, 4) is 11.1 Å². The number of hydrogen-bond acceptors (Lipinski definition) is 2. The Morgan fingerprint density at radius 3 is 1.51 bits per heavy atom. The third-order valence-electron chi connectivity index (χ3n) is 8.57. The van der Waals surface area contributed by atoms with Gasteiger partial charge in [0.25, 0.3) is 0 Å². The molecule has 0 saturated carbocycles. The topological polar surface area (TPSA) is 6.48 Å². The normalized spacial score (nSPS) is 16.0. The standard InChI is InChI=1S/C43H34N2/c1-43(2)41-29-32-27-37(44(33-15-7-3-8-16-33)34-17-9-4-10-18-34)24-23-31(32)28-40(41)39-26-25-38(30-42(39)43)45(35-19-11-5-12-20-35)36-21-13-6-14-22-36/h3-30H,1-2H3/i3D,5D,7D,8D,11D,12D,15D,16D,19D,20D. The van der Waals surface area contributed by atoms with Gasteiger partial charge in [0, 0.05) is 39.5 Å². The fraction of sp³-hybridized carbons (Fsp3) is 0.0698. The Balaban J connectivity index is 1.28. The number of rotatable bonds is 6. The summed E-state index contributed by atoms with van der Waals surface area (Å²) >= 11 is 0. The van der Waals surface area contributed by atoms with Crippen molar-refractivity contribution in [3.05, 3.63) is 181 Å². The van der Waals surface area contributed by atoms with Crippen LogP contribution in [-0.2, 0) is 5.41 Å². The molecule has 8 rings (SSSR count). The van der Waals surface area contributed by atoms with Crippen LogP contribution >= 0.6 is 0 Å². The summed E-state index contributed by atoms with van der Waals surface area (Å²) in [7, 11) is 0. The molecule has 0 atom stereocenters. The highest BCUT2D eigenvalue weighted by Gasteiger charge is 2.36. The second kappa shape index (κ2) is 10.8. The van der Waals surface area contributed by atoms with Crippen molar-refractivity contribution in [1.29, 1.82) is 0 Å². The van der Waals surface area contributed by atoms with E-state index in [1.165, 1.54) is 0 Å². The largest absolute Gasteiger partial charge is 0.310 e. The van der Waals surface area contributed by atoms with Crippen LogP contribution in [-0.4, -0.2) is 0 Å². The Labute approximate surface area is 279 Å². The molecule has 7 aromatic rings. The van der Waals surface area contributed by atoms with Gasteiger partial charge < -0.3 is 9.80 Å². The number of fused-ring (bicyclic) bond motifs is 4. The molecule has 216 valence electrons. The first kappa shape index (κ1) is 18.3. The molecule has 2 nitrogen and oxygen atoms in total. The molecule has 0 amide bonds. The lowest BCUT2D eigenvalue weighted by atomic mass is 9.81. The van der Waals surface area contributed by atoms with Gasteiger partial charge in [0.05, 0.1) is 13.7 Å². The summed E-state index contributed by atoms with van der Waals surface area (Å²) in [5.74, 6) is 0. The predicted molar refractivity (Wildman–Crippen MR) is 191 cm³/mol. The summed E-state index contributed by atoms with van der Waals surface area (Å²) in [4.78, 5) is 3.43. The van der Waals surface area contributed by atoms with Crippen molar-refractivity contribution < 1.29 is 13.7 Å². The van der Waals surface area contributed by atoms with E-state index in [1.54, 1.807) is 9.80 Å². The van der Waals surface area contributed by atoms with Crippen LogP contribution < -0.4 is 9.80 Å². The van der Waals surface area contributed by atoms with Gasteiger partial charge in [-0.25, -0.2) is 0 Å². The molecule has 0 fully saturated rings. The minimum Gasteiger partial charge on any atom is -0.310 e. The van der Waals surface area contributed by atoms with Crippen LogP contribution in [0.25, 0.3) is 21.9 Å². The van der Waals surface area contributed by atoms with Gasteiger partial charge in [0.1, 0.15) is 0 Å². The zero-order valence-electron chi connectivity index (χ0n) is 34.8. The highest BCUT2D eigenvalue weighted by molar-refractivity contribution is 5.97. The Morgan fingerprint density at radius 1 is 0.422 bits per heavy atom. The quantitative estimate of drug-likeness (QED) is 0.191. The molecule has 0 radical (unpaired) electrons. The second-order valence-electron chi connectivity index (χ2n) is 11.6. The van der Waals surface area contributed by atoms with Gasteiger partial charge >= 0.3 is 0 Å². The molecule has 0 N–H and O–H groups in total. The average Bonchev–Trinajstić information content (AvgIpc) is 3.41. The molecule has 2 heteroatoms. The van der Waals surface area contributed by atoms with Gasteiger partial charge in [-0.1, -0.05) is 98.6 Å². The van der Waals surface area contributed by atoms with Crippen molar-refractivity contribution in [1.82, 2.24) is 0 Å². The molecule has 0 saturated heterocycles. The Morgan fingerprint density at radius 2 is 0.933 bits per heavy atom. The maximum atomic E-state index is 8.83. The monoisotopic (exact) mass is 588 g/mol. The van der Waals surface area contributed by atoms with Gasteiger partial charge in [-0.2, -0.15) is 0 Å². The molecule has 0 heterocycles. The van der Waals surface area contributed by atoms with Crippen LogP contribution in [0.15, 0.2) is 170 Å². The van der Waals surface area contributed by atoms with Crippen molar-refractivity contribution in [2.24, 2.45) is 0 Å². The van der Waals surface area contributed by atoms with Crippen molar-refractivity contribution in [2.75, 3.05) is 9.80 Å². The summed E-state index contributed by atoms with van der Waals surface area (Å²) < 4.78 is 85.2. The molecule has 0 aromatic heterocycles. The molecule has 1 aliphatic rings.